The van der Waals surface area contributed by atoms with Crippen LogP contribution < -0.4 is 14.9 Å². The number of pyridine rings is 1. The number of nitrogens with one attached hydrogen (secondary N) is 1. The molecule has 0 aliphatic rings. The van der Waals surface area contributed by atoms with Crippen molar-refractivity contribution in [1.29, 1.82) is 0 Å². The zero-order valence-electron chi connectivity index (χ0n) is 13.2. The number of aryl methyl sites for hydroxylation is 1. The van der Waals surface area contributed by atoms with E-state index in [2.05, 4.69) is 10.3 Å². The highest BCUT2D eigenvalue weighted by atomic mass is 32.1. The maximum atomic E-state index is 12.9. The minimum absolute atomic E-state index is 0.0536. The van der Waals surface area contributed by atoms with Gasteiger partial charge in [-0.25, -0.2) is 9.37 Å². The molecule has 2 aromatic heterocycles. The lowest BCUT2D eigenvalue weighted by molar-refractivity contribution is -0.116. The van der Waals surface area contributed by atoms with Gasteiger partial charge in [0.25, 0.3) is 0 Å². The van der Waals surface area contributed by atoms with E-state index < -0.39 is 0 Å². The van der Waals surface area contributed by atoms with Crippen LogP contribution in [-0.4, -0.2) is 15.5 Å². The van der Waals surface area contributed by atoms with Gasteiger partial charge in [0, 0.05) is 17.1 Å². The fourth-order valence-corrected chi connectivity index (χ4v) is 2.81. The summed E-state index contributed by atoms with van der Waals surface area (Å²) in [6, 6.07) is 8.78. The molecule has 1 N–H and O–H groups in total. The van der Waals surface area contributed by atoms with Gasteiger partial charge >= 0.3 is 4.87 Å². The van der Waals surface area contributed by atoms with Crippen molar-refractivity contribution in [1.82, 2.24) is 9.55 Å². The number of anilines is 1. The molecule has 0 spiro atoms. The molecule has 0 unspecified atom stereocenters. The Hall–Kier alpha value is -3.00. The Kier molecular flexibility index (Phi) is 4.90. The summed E-state index contributed by atoms with van der Waals surface area (Å²) in [6.07, 6.45) is 1.44. The highest BCUT2D eigenvalue weighted by Gasteiger charge is 2.09. The van der Waals surface area contributed by atoms with Crippen molar-refractivity contribution in [3.8, 4) is 11.6 Å². The summed E-state index contributed by atoms with van der Waals surface area (Å²) in [5.41, 5.74) is 1.23. The number of hydrogen-bond acceptors (Lipinski definition) is 5. The van der Waals surface area contributed by atoms with E-state index in [0.717, 1.165) is 17.0 Å². The van der Waals surface area contributed by atoms with E-state index in [1.54, 1.807) is 24.4 Å². The number of halogens is 1. The van der Waals surface area contributed by atoms with Crippen molar-refractivity contribution in [2.75, 3.05) is 5.32 Å². The summed E-state index contributed by atoms with van der Waals surface area (Å²) in [5.74, 6) is 0.100. The van der Waals surface area contributed by atoms with Gasteiger partial charge in [-0.3, -0.25) is 14.2 Å². The van der Waals surface area contributed by atoms with E-state index in [-0.39, 0.29) is 23.1 Å². The second kappa shape index (κ2) is 7.27. The number of ether oxygens (including phenoxy) is 1. The molecular formula is C17H14FN3O3S. The van der Waals surface area contributed by atoms with Gasteiger partial charge in [-0.2, -0.15) is 0 Å². The molecule has 0 bridgehead atoms. The van der Waals surface area contributed by atoms with Crippen LogP contribution in [0, 0.1) is 12.7 Å². The second-order valence-electron chi connectivity index (χ2n) is 5.22. The van der Waals surface area contributed by atoms with Crippen molar-refractivity contribution >= 4 is 22.9 Å². The molecule has 0 fully saturated rings. The van der Waals surface area contributed by atoms with E-state index in [1.165, 1.54) is 35.0 Å². The van der Waals surface area contributed by atoms with Gasteiger partial charge in [-0.1, -0.05) is 11.3 Å². The Morgan fingerprint density at radius 2 is 2.04 bits per heavy atom. The number of thiazole rings is 1. The quantitative estimate of drug-likeness (QED) is 0.759. The van der Waals surface area contributed by atoms with Gasteiger partial charge in [0.2, 0.25) is 11.8 Å². The fraction of sp³-hybridized carbons (Fsp3) is 0.118. The number of hydrogen-bond donors (Lipinski definition) is 1. The number of rotatable bonds is 5. The van der Waals surface area contributed by atoms with Crippen LogP contribution in [-0.2, 0) is 11.3 Å². The van der Waals surface area contributed by atoms with Gasteiger partial charge in [0.15, 0.2) is 0 Å². The van der Waals surface area contributed by atoms with Crippen LogP contribution in [0.15, 0.2) is 52.8 Å². The van der Waals surface area contributed by atoms with Crippen molar-refractivity contribution in [3.63, 3.8) is 0 Å². The van der Waals surface area contributed by atoms with Gasteiger partial charge in [-0.05, 0) is 37.3 Å². The van der Waals surface area contributed by atoms with Crippen LogP contribution in [0.3, 0.4) is 0 Å². The summed E-state index contributed by atoms with van der Waals surface area (Å²) in [5, 5.41) is 4.38. The molecule has 6 nitrogen and oxygen atoms in total. The largest absolute Gasteiger partial charge is 0.439 e. The van der Waals surface area contributed by atoms with Crippen molar-refractivity contribution in [2.45, 2.75) is 13.5 Å². The smallest absolute Gasteiger partial charge is 0.307 e. The third-order valence-corrected chi connectivity index (χ3v) is 4.22. The molecule has 3 aromatic rings. The molecule has 2 heterocycles. The molecule has 8 heteroatoms. The van der Waals surface area contributed by atoms with E-state index in [0.29, 0.717) is 17.3 Å². The topological polar surface area (TPSA) is 73.2 Å². The first-order valence-corrected chi connectivity index (χ1v) is 8.23. The van der Waals surface area contributed by atoms with Crippen LogP contribution in [0.4, 0.5) is 10.1 Å². The number of aromatic nitrogens is 2. The average molecular weight is 359 g/mol. The Morgan fingerprint density at radius 1 is 1.28 bits per heavy atom. The van der Waals surface area contributed by atoms with E-state index >= 15 is 0 Å². The van der Waals surface area contributed by atoms with Crippen LogP contribution in [0.1, 0.15) is 5.69 Å². The number of benzene rings is 1. The lowest BCUT2D eigenvalue weighted by atomic mass is 10.3. The monoisotopic (exact) mass is 359 g/mol. The third kappa shape index (κ3) is 4.30. The van der Waals surface area contributed by atoms with Gasteiger partial charge < -0.3 is 10.1 Å². The van der Waals surface area contributed by atoms with E-state index in [1.807, 2.05) is 0 Å². The minimum atomic E-state index is -0.349. The Balaban J connectivity index is 1.61. The molecular weight excluding hydrogens is 345 g/mol. The van der Waals surface area contributed by atoms with Gasteiger partial charge in [-0.15, -0.1) is 0 Å². The molecule has 0 radical (unpaired) electrons. The third-order valence-electron chi connectivity index (χ3n) is 3.33. The Morgan fingerprint density at radius 3 is 2.64 bits per heavy atom. The molecule has 0 saturated heterocycles. The van der Waals surface area contributed by atoms with E-state index in [9.17, 15) is 14.0 Å². The normalized spacial score (nSPS) is 10.5. The van der Waals surface area contributed by atoms with Crippen molar-refractivity contribution < 1.29 is 13.9 Å². The second-order valence-corrected chi connectivity index (χ2v) is 6.04. The fourth-order valence-electron chi connectivity index (χ4n) is 2.08. The predicted octanol–water partition coefficient (Wildman–Crippen LogP) is 3.18. The molecule has 25 heavy (non-hydrogen) atoms. The van der Waals surface area contributed by atoms with Gasteiger partial charge in [0.1, 0.15) is 18.1 Å². The molecule has 1 aromatic carbocycles. The number of carbonyl (C=O) groups excluding carboxylic acids is 1. The number of amides is 1. The highest BCUT2D eigenvalue weighted by Crippen LogP contribution is 2.20. The summed E-state index contributed by atoms with van der Waals surface area (Å²) in [6.45, 7) is 1.72. The Labute approximate surface area is 146 Å². The van der Waals surface area contributed by atoms with Crippen molar-refractivity contribution in [2.24, 2.45) is 0 Å². The SMILES string of the molecule is Cc1csc(=O)n1CC(=O)Nc1ccc(Oc2ccc(F)cc2)nc1. The summed E-state index contributed by atoms with van der Waals surface area (Å²) in [4.78, 5) is 27.6. The predicted molar refractivity (Wildman–Crippen MR) is 92.7 cm³/mol. The zero-order valence-corrected chi connectivity index (χ0v) is 14.0. The minimum Gasteiger partial charge on any atom is -0.439 e. The standard InChI is InChI=1S/C17H14FN3O3S/c1-11-10-25-17(23)21(11)9-15(22)20-13-4-7-16(19-8-13)24-14-5-2-12(18)3-6-14/h2-8,10H,9H2,1H3,(H,20,22). The molecule has 0 atom stereocenters. The number of carbonyl (C=O) groups is 1. The summed E-state index contributed by atoms with van der Waals surface area (Å²) >= 11 is 1.06. The summed E-state index contributed by atoms with van der Waals surface area (Å²) < 4.78 is 19.7. The molecule has 0 saturated carbocycles. The molecule has 1 amide bonds. The average Bonchev–Trinajstić information content (AvgIpc) is 2.90. The first-order valence-electron chi connectivity index (χ1n) is 7.35. The van der Waals surface area contributed by atoms with Crippen molar-refractivity contribution in [3.05, 3.63) is 69.2 Å². The highest BCUT2D eigenvalue weighted by molar-refractivity contribution is 7.07. The maximum Gasteiger partial charge on any atom is 0.307 e. The van der Waals surface area contributed by atoms with Crippen LogP contribution >= 0.6 is 11.3 Å². The van der Waals surface area contributed by atoms with E-state index in [4.69, 9.17) is 4.74 Å². The lowest BCUT2D eigenvalue weighted by Gasteiger charge is -2.08. The lowest BCUT2D eigenvalue weighted by Crippen LogP contribution is -2.25. The molecule has 0 aliphatic heterocycles. The van der Waals surface area contributed by atoms with Crippen LogP contribution in [0.25, 0.3) is 0 Å². The first kappa shape index (κ1) is 16.8. The van der Waals surface area contributed by atoms with Gasteiger partial charge in [0.05, 0.1) is 11.9 Å². The molecule has 0 aliphatic carbocycles. The van der Waals surface area contributed by atoms with Crippen LogP contribution in [0.2, 0.25) is 0 Å². The molecule has 3 rings (SSSR count). The Bertz CT molecular complexity index is 933. The number of nitrogens with zero attached hydrogens (tertiary/aromatic N) is 2. The maximum absolute atomic E-state index is 12.9. The molecule has 128 valence electrons. The summed E-state index contributed by atoms with van der Waals surface area (Å²) in [7, 11) is 0. The first-order chi connectivity index (χ1) is 12.0. The zero-order chi connectivity index (χ0) is 17.8. The van der Waals surface area contributed by atoms with Crippen LogP contribution in [0.5, 0.6) is 11.6 Å².